The third-order valence-electron chi connectivity index (χ3n) is 2.17. The Morgan fingerprint density at radius 3 is 2.93 bits per heavy atom. The Morgan fingerprint density at radius 1 is 1.40 bits per heavy atom. The van der Waals surface area contributed by atoms with Gasteiger partial charge >= 0.3 is 5.56 Å². The molecule has 3 nitrogen and oxygen atoms in total. The fraction of sp³-hybridized carbons (Fsp3) is 0.364. The van der Waals surface area contributed by atoms with Crippen molar-refractivity contribution >= 4 is 21.6 Å². The van der Waals surface area contributed by atoms with Crippen LogP contribution in [0.25, 0.3) is 10.1 Å². The summed E-state index contributed by atoms with van der Waals surface area (Å²) in [7, 11) is 0. The van der Waals surface area contributed by atoms with Crippen LogP contribution in [0, 0.1) is 0 Å². The Bertz CT molecular complexity index is 501. The van der Waals surface area contributed by atoms with Crippen LogP contribution in [0.1, 0.15) is 19.8 Å². The first kappa shape index (κ1) is 10.2. The van der Waals surface area contributed by atoms with Gasteiger partial charge in [0.1, 0.15) is 6.61 Å². The summed E-state index contributed by atoms with van der Waals surface area (Å²) in [5, 5.41) is 0.735. The van der Waals surface area contributed by atoms with E-state index in [0.717, 1.165) is 22.9 Å². The van der Waals surface area contributed by atoms with Crippen LogP contribution in [-0.4, -0.2) is 10.7 Å². The number of unbranched alkanes of at least 4 members (excludes halogenated alkanes) is 1. The molecule has 1 aromatic carbocycles. The molecule has 0 radical (unpaired) electrons. The van der Waals surface area contributed by atoms with E-state index in [-0.39, 0.29) is 5.56 Å². The number of fused-ring (bicyclic) bond motifs is 1. The zero-order valence-corrected chi connectivity index (χ0v) is 9.42. The highest BCUT2D eigenvalue weighted by Crippen LogP contribution is 2.14. The fourth-order valence-electron chi connectivity index (χ4n) is 1.33. The number of aromatic nitrogens is 1. The largest absolute Gasteiger partial charge is 0.401 e. The molecule has 0 saturated heterocycles. The Balaban J connectivity index is 2.28. The van der Waals surface area contributed by atoms with Crippen molar-refractivity contribution in [2.45, 2.75) is 19.8 Å². The molecule has 0 atom stereocenters. The lowest BCUT2D eigenvalue weighted by Crippen LogP contribution is -2.21. The molecule has 0 unspecified atom stereocenters. The molecule has 2 aromatic rings. The van der Waals surface area contributed by atoms with E-state index in [9.17, 15) is 4.79 Å². The van der Waals surface area contributed by atoms with Crippen LogP contribution < -0.4 is 10.4 Å². The van der Waals surface area contributed by atoms with E-state index >= 15 is 0 Å². The fourth-order valence-corrected chi connectivity index (χ4v) is 2.21. The van der Waals surface area contributed by atoms with Crippen molar-refractivity contribution in [1.29, 1.82) is 0 Å². The molecule has 0 aliphatic carbocycles. The predicted octanol–water partition coefficient (Wildman–Crippen LogP) is 2.29. The van der Waals surface area contributed by atoms with Crippen LogP contribution in [0.5, 0.6) is 0 Å². The minimum absolute atomic E-state index is 0.0493. The average Bonchev–Trinajstić information content (AvgIpc) is 2.57. The zero-order chi connectivity index (χ0) is 10.7. The minimum Gasteiger partial charge on any atom is -0.401 e. The molecule has 1 aromatic heterocycles. The van der Waals surface area contributed by atoms with E-state index < -0.39 is 0 Å². The molecule has 4 heteroatoms. The predicted molar refractivity (Wildman–Crippen MR) is 62.4 cm³/mol. The molecule has 15 heavy (non-hydrogen) atoms. The second kappa shape index (κ2) is 4.49. The number of hydrogen-bond acceptors (Lipinski definition) is 3. The monoisotopic (exact) mass is 223 g/mol. The molecule has 1 heterocycles. The highest BCUT2D eigenvalue weighted by molar-refractivity contribution is 7.13. The van der Waals surface area contributed by atoms with Crippen molar-refractivity contribution in [3.05, 3.63) is 34.6 Å². The quantitative estimate of drug-likeness (QED) is 0.745. The number of benzene rings is 1. The van der Waals surface area contributed by atoms with Gasteiger partial charge in [0.05, 0.1) is 10.1 Å². The summed E-state index contributed by atoms with van der Waals surface area (Å²) in [4.78, 5) is 17.2. The lowest BCUT2D eigenvalue weighted by atomic mass is 10.3. The van der Waals surface area contributed by atoms with Gasteiger partial charge in [-0.2, -0.15) is 0 Å². The van der Waals surface area contributed by atoms with Crippen molar-refractivity contribution in [3.63, 3.8) is 0 Å². The van der Waals surface area contributed by atoms with E-state index in [1.807, 2.05) is 24.3 Å². The van der Waals surface area contributed by atoms with Gasteiger partial charge in [0.2, 0.25) is 0 Å². The summed E-state index contributed by atoms with van der Waals surface area (Å²) < 4.78 is 2.35. The van der Waals surface area contributed by atoms with Gasteiger partial charge in [-0.1, -0.05) is 29.6 Å². The molecule has 0 aliphatic heterocycles. The van der Waals surface area contributed by atoms with Gasteiger partial charge in [0.15, 0.2) is 0 Å². The van der Waals surface area contributed by atoms with Crippen molar-refractivity contribution in [1.82, 2.24) is 4.12 Å². The summed E-state index contributed by atoms with van der Waals surface area (Å²) >= 11 is 1.36. The first-order chi connectivity index (χ1) is 7.33. The lowest BCUT2D eigenvalue weighted by molar-refractivity contribution is 0.125. The molecule has 0 fully saturated rings. The average molecular weight is 223 g/mol. The third kappa shape index (κ3) is 2.04. The zero-order valence-electron chi connectivity index (χ0n) is 8.60. The molecular weight excluding hydrogens is 210 g/mol. The molecule has 0 amide bonds. The molecule has 0 bridgehead atoms. The number of rotatable bonds is 4. The molecule has 0 aliphatic rings. The van der Waals surface area contributed by atoms with Gasteiger partial charge in [0.25, 0.3) is 0 Å². The molecule has 0 saturated carbocycles. The Kier molecular flexibility index (Phi) is 3.06. The lowest BCUT2D eigenvalue weighted by Gasteiger charge is -2.01. The Labute approximate surface area is 92.0 Å². The standard InChI is InChI=1S/C11H13NO2S/c1-2-3-8-14-12-11(13)9-6-4-5-7-10(9)15-12/h4-7H,2-3,8H2,1H3. The van der Waals surface area contributed by atoms with E-state index in [1.54, 1.807) is 0 Å². The van der Waals surface area contributed by atoms with Crippen LogP contribution in [0.2, 0.25) is 0 Å². The van der Waals surface area contributed by atoms with Crippen molar-refractivity contribution in [2.24, 2.45) is 0 Å². The van der Waals surface area contributed by atoms with E-state index in [4.69, 9.17) is 4.84 Å². The molecule has 0 N–H and O–H groups in total. The maximum absolute atomic E-state index is 11.8. The number of nitrogens with zero attached hydrogens (tertiary/aromatic N) is 1. The summed E-state index contributed by atoms with van der Waals surface area (Å²) in [5.41, 5.74) is -0.0493. The molecule has 0 spiro atoms. The van der Waals surface area contributed by atoms with Crippen molar-refractivity contribution in [3.8, 4) is 0 Å². The molecular formula is C11H13NO2S. The maximum atomic E-state index is 11.8. The molecule has 80 valence electrons. The second-order valence-corrected chi connectivity index (χ2v) is 4.29. The van der Waals surface area contributed by atoms with Crippen LogP contribution in [0.15, 0.2) is 29.1 Å². The summed E-state index contributed by atoms with van der Waals surface area (Å²) in [6, 6.07) is 7.55. The first-order valence-corrected chi connectivity index (χ1v) is 5.84. The summed E-state index contributed by atoms with van der Waals surface area (Å²) in [6.07, 6.45) is 2.04. The van der Waals surface area contributed by atoms with E-state index in [0.29, 0.717) is 6.61 Å². The van der Waals surface area contributed by atoms with E-state index in [1.165, 1.54) is 15.7 Å². The van der Waals surface area contributed by atoms with Gasteiger partial charge in [-0.05, 0) is 30.1 Å². The normalized spacial score (nSPS) is 10.7. The van der Waals surface area contributed by atoms with Gasteiger partial charge in [-0.15, -0.1) is 0 Å². The second-order valence-electron chi connectivity index (χ2n) is 3.34. The highest BCUT2D eigenvalue weighted by atomic mass is 32.1. The molecule has 2 rings (SSSR count). The van der Waals surface area contributed by atoms with Gasteiger partial charge in [0, 0.05) is 0 Å². The Hall–Kier alpha value is -1.29. The van der Waals surface area contributed by atoms with Crippen molar-refractivity contribution in [2.75, 3.05) is 6.61 Å². The van der Waals surface area contributed by atoms with Crippen LogP contribution >= 0.6 is 11.5 Å². The highest BCUT2D eigenvalue weighted by Gasteiger charge is 2.06. The van der Waals surface area contributed by atoms with Crippen LogP contribution in [0.4, 0.5) is 0 Å². The van der Waals surface area contributed by atoms with Crippen molar-refractivity contribution < 1.29 is 4.84 Å². The SMILES string of the molecule is CCCCOn1sc2ccccc2c1=O. The third-order valence-corrected chi connectivity index (χ3v) is 3.16. The van der Waals surface area contributed by atoms with Crippen LogP contribution in [0.3, 0.4) is 0 Å². The van der Waals surface area contributed by atoms with Gasteiger partial charge in [-0.3, -0.25) is 4.79 Å². The smallest absolute Gasteiger partial charge is 0.302 e. The topological polar surface area (TPSA) is 31.2 Å². The van der Waals surface area contributed by atoms with Gasteiger partial charge in [-0.25, -0.2) is 0 Å². The number of hydrogen-bond donors (Lipinski definition) is 0. The summed E-state index contributed by atoms with van der Waals surface area (Å²) in [6.45, 7) is 2.69. The van der Waals surface area contributed by atoms with E-state index in [2.05, 4.69) is 6.92 Å². The van der Waals surface area contributed by atoms with Gasteiger partial charge < -0.3 is 4.84 Å². The first-order valence-electron chi connectivity index (χ1n) is 5.07. The minimum atomic E-state index is -0.0493. The van der Waals surface area contributed by atoms with Crippen LogP contribution in [-0.2, 0) is 0 Å². The maximum Gasteiger partial charge on any atom is 0.302 e. The Morgan fingerprint density at radius 2 is 2.20 bits per heavy atom. The summed E-state index contributed by atoms with van der Waals surface area (Å²) in [5.74, 6) is 0.